The molecule has 1 aromatic rings. The Morgan fingerprint density at radius 2 is 1.96 bits per heavy atom. The predicted octanol–water partition coefficient (Wildman–Crippen LogP) is 3.58. The van der Waals surface area contributed by atoms with Crippen molar-refractivity contribution in [1.82, 2.24) is 4.90 Å². The molecule has 1 aromatic carbocycles. The van der Waals surface area contributed by atoms with Gasteiger partial charge in [-0.3, -0.25) is 4.79 Å². The zero-order valence-electron chi connectivity index (χ0n) is 15.8. The topological polar surface area (TPSA) is 76.1 Å². The first kappa shape index (κ1) is 20.2. The first-order chi connectivity index (χ1) is 12.2. The van der Waals surface area contributed by atoms with Gasteiger partial charge >= 0.3 is 5.97 Å². The van der Waals surface area contributed by atoms with E-state index in [2.05, 4.69) is 19.6 Å². The highest BCUT2D eigenvalue weighted by Gasteiger charge is 2.34. The van der Waals surface area contributed by atoms with Crippen LogP contribution in [0.3, 0.4) is 0 Å². The second kappa shape index (κ2) is 8.51. The van der Waals surface area contributed by atoms with Crippen molar-refractivity contribution >= 4 is 20.0 Å². The largest absolute Gasteiger partial charge is 0.480 e. The normalized spacial score (nSPS) is 17.2. The standard InChI is InChI=1S/C19H27NO5Si/c1-14-11-16(19(22)23)20(12-14)18(21)15-7-5-6-8-17(15)25-13-24-9-10-26(2,3)4/h5-8,12,16H,9-11,13H2,1-4H3,(H,22,23). The fourth-order valence-corrected chi connectivity index (χ4v) is 3.40. The lowest BCUT2D eigenvalue weighted by molar-refractivity contribution is -0.141. The van der Waals surface area contributed by atoms with Gasteiger partial charge in [-0.2, -0.15) is 0 Å². The van der Waals surface area contributed by atoms with Crippen LogP contribution in [0.25, 0.3) is 0 Å². The van der Waals surface area contributed by atoms with Crippen LogP contribution >= 0.6 is 0 Å². The molecule has 2 rings (SSSR count). The van der Waals surface area contributed by atoms with E-state index in [0.717, 1.165) is 11.6 Å². The molecule has 0 saturated heterocycles. The van der Waals surface area contributed by atoms with Crippen molar-refractivity contribution in [2.45, 2.75) is 45.1 Å². The highest BCUT2D eigenvalue weighted by atomic mass is 28.3. The molecular weight excluding hydrogens is 350 g/mol. The monoisotopic (exact) mass is 377 g/mol. The lowest BCUT2D eigenvalue weighted by Crippen LogP contribution is -2.38. The Bertz CT molecular complexity index is 695. The molecule has 1 unspecified atom stereocenters. The average Bonchev–Trinajstić information content (AvgIpc) is 2.95. The van der Waals surface area contributed by atoms with Crippen LogP contribution in [0.4, 0.5) is 0 Å². The van der Waals surface area contributed by atoms with Gasteiger partial charge in [0.2, 0.25) is 0 Å². The molecule has 0 bridgehead atoms. The van der Waals surface area contributed by atoms with Crippen molar-refractivity contribution in [1.29, 1.82) is 0 Å². The van der Waals surface area contributed by atoms with Gasteiger partial charge in [0.15, 0.2) is 6.79 Å². The number of para-hydroxylation sites is 1. The summed E-state index contributed by atoms with van der Waals surface area (Å²) in [6.07, 6.45) is 1.94. The maximum atomic E-state index is 12.9. The van der Waals surface area contributed by atoms with Crippen LogP contribution in [0, 0.1) is 0 Å². The van der Waals surface area contributed by atoms with Gasteiger partial charge in [0, 0.05) is 27.3 Å². The van der Waals surface area contributed by atoms with Gasteiger partial charge < -0.3 is 19.5 Å². The first-order valence-corrected chi connectivity index (χ1v) is 12.4. The number of carboxylic acids is 1. The van der Waals surface area contributed by atoms with Crippen LogP contribution in [0.5, 0.6) is 5.75 Å². The second-order valence-electron chi connectivity index (χ2n) is 7.72. The fourth-order valence-electron chi connectivity index (χ4n) is 2.64. The smallest absolute Gasteiger partial charge is 0.327 e. The van der Waals surface area contributed by atoms with E-state index in [0.29, 0.717) is 24.3 Å². The van der Waals surface area contributed by atoms with Gasteiger partial charge in [0.25, 0.3) is 5.91 Å². The lowest BCUT2D eigenvalue weighted by atomic mass is 10.1. The minimum absolute atomic E-state index is 0.0615. The number of carbonyl (C=O) groups excluding carboxylic acids is 1. The highest BCUT2D eigenvalue weighted by molar-refractivity contribution is 6.76. The number of amides is 1. The van der Waals surface area contributed by atoms with E-state index in [1.807, 2.05) is 6.92 Å². The summed E-state index contributed by atoms with van der Waals surface area (Å²) in [5.74, 6) is -1.00. The number of hydrogen-bond acceptors (Lipinski definition) is 4. The SMILES string of the molecule is CC1=CN(C(=O)c2ccccc2OCOCC[Si](C)(C)C)C(C(=O)O)C1. The summed E-state index contributed by atoms with van der Waals surface area (Å²) in [6.45, 7) is 9.33. The Labute approximate surface area is 155 Å². The zero-order valence-corrected chi connectivity index (χ0v) is 16.8. The van der Waals surface area contributed by atoms with Crippen molar-refractivity contribution in [2.24, 2.45) is 0 Å². The van der Waals surface area contributed by atoms with E-state index in [4.69, 9.17) is 9.47 Å². The molecule has 0 aliphatic carbocycles. The zero-order chi connectivity index (χ0) is 19.3. The van der Waals surface area contributed by atoms with Crippen LogP contribution in [-0.4, -0.2) is 49.4 Å². The van der Waals surface area contributed by atoms with Gasteiger partial charge in [-0.25, -0.2) is 4.79 Å². The average molecular weight is 378 g/mol. The Hall–Kier alpha value is -2.12. The molecule has 1 N–H and O–H groups in total. The molecule has 0 saturated carbocycles. The minimum atomic E-state index is -1.16. The van der Waals surface area contributed by atoms with Crippen LogP contribution < -0.4 is 4.74 Å². The Morgan fingerprint density at radius 3 is 2.62 bits per heavy atom. The molecule has 7 heteroatoms. The Morgan fingerprint density at radius 1 is 1.27 bits per heavy atom. The summed E-state index contributed by atoms with van der Waals surface area (Å²) in [4.78, 5) is 25.5. The quantitative estimate of drug-likeness (QED) is 0.426. The number of carboxylic acid groups (broad SMARTS) is 1. The van der Waals surface area contributed by atoms with E-state index in [-0.39, 0.29) is 12.7 Å². The molecule has 142 valence electrons. The highest BCUT2D eigenvalue weighted by Crippen LogP contribution is 2.27. The second-order valence-corrected chi connectivity index (χ2v) is 13.3. The maximum Gasteiger partial charge on any atom is 0.327 e. The predicted molar refractivity (Wildman–Crippen MR) is 102 cm³/mol. The summed E-state index contributed by atoms with van der Waals surface area (Å²) in [5.41, 5.74) is 1.19. The summed E-state index contributed by atoms with van der Waals surface area (Å²) in [5, 5.41) is 9.36. The van der Waals surface area contributed by atoms with Gasteiger partial charge in [0.1, 0.15) is 11.8 Å². The van der Waals surface area contributed by atoms with Crippen LogP contribution in [0.15, 0.2) is 36.0 Å². The van der Waals surface area contributed by atoms with E-state index in [1.54, 1.807) is 30.5 Å². The Balaban J connectivity index is 2.04. The van der Waals surface area contributed by atoms with E-state index in [9.17, 15) is 14.7 Å². The summed E-state index contributed by atoms with van der Waals surface area (Å²) in [7, 11) is -1.16. The number of nitrogens with zero attached hydrogens (tertiary/aromatic N) is 1. The summed E-state index contributed by atoms with van der Waals surface area (Å²) >= 11 is 0. The molecule has 1 aliphatic rings. The van der Waals surface area contributed by atoms with Crippen molar-refractivity contribution in [2.75, 3.05) is 13.4 Å². The third-order valence-corrected chi connectivity index (χ3v) is 5.85. The van der Waals surface area contributed by atoms with Gasteiger partial charge in [-0.05, 0) is 25.1 Å². The maximum absolute atomic E-state index is 12.9. The van der Waals surface area contributed by atoms with E-state index < -0.39 is 20.1 Å². The summed E-state index contributed by atoms with van der Waals surface area (Å²) < 4.78 is 11.2. The molecule has 0 spiro atoms. The van der Waals surface area contributed by atoms with Gasteiger partial charge in [0.05, 0.1) is 5.56 Å². The Kier molecular flexibility index (Phi) is 6.61. The molecule has 26 heavy (non-hydrogen) atoms. The summed E-state index contributed by atoms with van der Waals surface area (Å²) in [6, 6.07) is 7.00. The molecule has 0 radical (unpaired) electrons. The molecule has 6 nitrogen and oxygen atoms in total. The number of carbonyl (C=O) groups is 2. The number of hydrogen-bond donors (Lipinski definition) is 1. The van der Waals surface area contributed by atoms with Crippen molar-refractivity contribution in [3.63, 3.8) is 0 Å². The minimum Gasteiger partial charge on any atom is -0.480 e. The fraction of sp³-hybridized carbons (Fsp3) is 0.474. The third-order valence-electron chi connectivity index (χ3n) is 4.14. The molecule has 0 fully saturated rings. The van der Waals surface area contributed by atoms with Crippen LogP contribution in [0.2, 0.25) is 25.7 Å². The van der Waals surface area contributed by atoms with E-state index >= 15 is 0 Å². The molecule has 1 atom stereocenters. The van der Waals surface area contributed by atoms with Crippen molar-refractivity contribution < 1.29 is 24.2 Å². The third kappa shape index (κ3) is 5.44. The molecule has 1 heterocycles. The van der Waals surface area contributed by atoms with E-state index in [1.165, 1.54) is 4.90 Å². The molecule has 1 amide bonds. The molecule has 1 aliphatic heterocycles. The number of aliphatic carboxylic acids is 1. The number of benzene rings is 1. The van der Waals surface area contributed by atoms with Crippen molar-refractivity contribution in [3.8, 4) is 5.75 Å². The van der Waals surface area contributed by atoms with Crippen molar-refractivity contribution in [3.05, 3.63) is 41.6 Å². The van der Waals surface area contributed by atoms with Crippen LogP contribution in [-0.2, 0) is 9.53 Å². The van der Waals surface area contributed by atoms with Crippen LogP contribution in [0.1, 0.15) is 23.7 Å². The number of rotatable bonds is 8. The van der Waals surface area contributed by atoms with Gasteiger partial charge in [-0.1, -0.05) is 37.3 Å². The lowest BCUT2D eigenvalue weighted by Gasteiger charge is -2.21. The molecular formula is C19H27NO5Si. The first-order valence-electron chi connectivity index (χ1n) is 8.71. The number of ether oxygens (including phenoxy) is 2. The molecule has 0 aromatic heterocycles. The van der Waals surface area contributed by atoms with Gasteiger partial charge in [-0.15, -0.1) is 0 Å².